The first-order valence-corrected chi connectivity index (χ1v) is 5.70. The molecule has 0 aliphatic carbocycles. The van der Waals surface area contributed by atoms with Crippen LogP contribution in [0.25, 0.3) is 0 Å². The van der Waals surface area contributed by atoms with Gasteiger partial charge in [-0.15, -0.1) is 12.4 Å². The van der Waals surface area contributed by atoms with Crippen molar-refractivity contribution >= 4 is 18.3 Å². The Kier molecular flexibility index (Phi) is 13.5. The van der Waals surface area contributed by atoms with Crippen molar-refractivity contribution < 1.29 is 4.79 Å². The number of amides is 1. The molecular formula is C11H25ClN2O. The van der Waals surface area contributed by atoms with E-state index in [0.29, 0.717) is 0 Å². The highest BCUT2D eigenvalue weighted by molar-refractivity contribution is 5.85. The molecule has 0 aromatic carbocycles. The Hall–Kier alpha value is -0.280. The Balaban J connectivity index is 0. The number of carbonyl (C=O) groups is 1. The molecule has 3 nitrogen and oxygen atoms in total. The lowest BCUT2D eigenvalue weighted by Gasteiger charge is -2.11. The van der Waals surface area contributed by atoms with Gasteiger partial charge < -0.3 is 10.6 Å². The molecule has 0 bridgehead atoms. The number of carbonyl (C=O) groups excluding carboxylic acids is 1. The van der Waals surface area contributed by atoms with Crippen molar-refractivity contribution in [2.24, 2.45) is 5.92 Å². The summed E-state index contributed by atoms with van der Waals surface area (Å²) < 4.78 is 0. The average molecular weight is 237 g/mol. The third-order valence-electron chi connectivity index (χ3n) is 2.20. The Morgan fingerprint density at radius 1 is 1.13 bits per heavy atom. The highest BCUT2D eigenvalue weighted by Gasteiger charge is 2.09. The maximum absolute atomic E-state index is 11.4. The lowest BCUT2D eigenvalue weighted by Crippen LogP contribution is -2.35. The predicted octanol–water partition coefficient (Wildman–Crippen LogP) is 1.96. The summed E-state index contributed by atoms with van der Waals surface area (Å²) in [6.07, 6.45) is 3.19. The van der Waals surface area contributed by atoms with Crippen LogP contribution in [-0.2, 0) is 4.79 Å². The van der Waals surface area contributed by atoms with Gasteiger partial charge in [0.05, 0.1) is 0 Å². The molecule has 0 heterocycles. The first-order valence-electron chi connectivity index (χ1n) is 5.70. The molecule has 2 N–H and O–H groups in total. The Morgan fingerprint density at radius 2 is 1.80 bits per heavy atom. The largest absolute Gasteiger partial charge is 0.355 e. The molecule has 0 radical (unpaired) electrons. The number of halogens is 1. The van der Waals surface area contributed by atoms with Crippen LogP contribution in [0.3, 0.4) is 0 Å². The minimum atomic E-state index is 0. The summed E-state index contributed by atoms with van der Waals surface area (Å²) in [6.45, 7) is 8.87. The second-order valence-corrected chi connectivity index (χ2v) is 3.73. The van der Waals surface area contributed by atoms with Crippen molar-refractivity contribution in [3.8, 4) is 0 Å². The van der Waals surface area contributed by atoms with E-state index < -0.39 is 0 Å². The quantitative estimate of drug-likeness (QED) is 0.633. The van der Waals surface area contributed by atoms with E-state index in [2.05, 4.69) is 24.5 Å². The fourth-order valence-corrected chi connectivity index (χ4v) is 1.31. The fourth-order valence-electron chi connectivity index (χ4n) is 1.31. The standard InChI is InChI=1S/C11H24N2O.ClH/c1-4-6-10(3)11(14)13-9-8-12-7-5-2;/h10,12H,4-9H2,1-3H3,(H,13,14);1H. The molecule has 1 unspecified atom stereocenters. The third kappa shape index (κ3) is 10.0. The zero-order chi connectivity index (χ0) is 10.8. The summed E-state index contributed by atoms with van der Waals surface area (Å²) >= 11 is 0. The van der Waals surface area contributed by atoms with E-state index >= 15 is 0 Å². The first-order chi connectivity index (χ1) is 6.72. The zero-order valence-corrected chi connectivity index (χ0v) is 11.0. The number of nitrogens with one attached hydrogen (secondary N) is 2. The van der Waals surface area contributed by atoms with E-state index in [-0.39, 0.29) is 24.2 Å². The zero-order valence-electron chi connectivity index (χ0n) is 10.1. The van der Waals surface area contributed by atoms with E-state index in [0.717, 1.165) is 38.9 Å². The van der Waals surface area contributed by atoms with Gasteiger partial charge in [-0.1, -0.05) is 27.2 Å². The van der Waals surface area contributed by atoms with E-state index in [4.69, 9.17) is 0 Å². The van der Waals surface area contributed by atoms with Crippen LogP contribution < -0.4 is 10.6 Å². The van der Waals surface area contributed by atoms with E-state index in [1.807, 2.05) is 6.92 Å². The molecule has 92 valence electrons. The molecule has 1 atom stereocenters. The molecule has 1 amide bonds. The second-order valence-electron chi connectivity index (χ2n) is 3.73. The molecule has 0 fully saturated rings. The van der Waals surface area contributed by atoms with Gasteiger partial charge in [-0.2, -0.15) is 0 Å². The monoisotopic (exact) mass is 236 g/mol. The van der Waals surface area contributed by atoms with Gasteiger partial charge in [0, 0.05) is 19.0 Å². The summed E-state index contributed by atoms with van der Waals surface area (Å²) in [5.74, 6) is 0.344. The second kappa shape index (κ2) is 11.8. The smallest absolute Gasteiger partial charge is 0.222 e. The van der Waals surface area contributed by atoms with Gasteiger partial charge in [0.2, 0.25) is 5.91 Å². The van der Waals surface area contributed by atoms with Gasteiger partial charge >= 0.3 is 0 Å². The maximum Gasteiger partial charge on any atom is 0.222 e. The Morgan fingerprint density at radius 3 is 2.33 bits per heavy atom. The van der Waals surface area contributed by atoms with Crippen LogP contribution in [0.1, 0.15) is 40.0 Å². The summed E-state index contributed by atoms with van der Waals surface area (Å²) in [5, 5.41) is 6.17. The van der Waals surface area contributed by atoms with Crippen LogP contribution in [0.4, 0.5) is 0 Å². The highest BCUT2D eigenvalue weighted by Crippen LogP contribution is 2.03. The maximum atomic E-state index is 11.4. The van der Waals surface area contributed by atoms with Gasteiger partial charge in [-0.25, -0.2) is 0 Å². The molecule has 4 heteroatoms. The molecule has 0 aliphatic heterocycles. The average Bonchev–Trinajstić information content (AvgIpc) is 2.17. The third-order valence-corrected chi connectivity index (χ3v) is 2.20. The van der Waals surface area contributed by atoms with Crippen LogP contribution in [0.15, 0.2) is 0 Å². The number of rotatable bonds is 8. The summed E-state index contributed by atoms with van der Waals surface area (Å²) in [4.78, 5) is 11.4. The molecule has 0 rings (SSSR count). The minimum Gasteiger partial charge on any atom is -0.355 e. The summed E-state index contributed by atoms with van der Waals surface area (Å²) in [6, 6.07) is 0. The highest BCUT2D eigenvalue weighted by atomic mass is 35.5. The molecule has 15 heavy (non-hydrogen) atoms. The van der Waals surface area contributed by atoms with Crippen LogP contribution in [0.5, 0.6) is 0 Å². The SMILES string of the molecule is CCCNCCNC(=O)C(C)CCC.Cl. The fraction of sp³-hybridized carbons (Fsp3) is 0.909. The van der Waals surface area contributed by atoms with Crippen LogP contribution >= 0.6 is 12.4 Å². The molecule has 0 aromatic rings. The van der Waals surface area contributed by atoms with Gasteiger partial charge in [-0.3, -0.25) is 4.79 Å². The van der Waals surface area contributed by atoms with Crippen molar-refractivity contribution in [2.45, 2.75) is 40.0 Å². The van der Waals surface area contributed by atoms with Crippen molar-refractivity contribution in [3.05, 3.63) is 0 Å². The Bertz CT molecular complexity index is 154. The summed E-state index contributed by atoms with van der Waals surface area (Å²) in [5.41, 5.74) is 0. The molecule has 0 saturated heterocycles. The first kappa shape index (κ1) is 17.1. The van der Waals surface area contributed by atoms with Crippen molar-refractivity contribution in [1.82, 2.24) is 10.6 Å². The molecular weight excluding hydrogens is 212 g/mol. The molecule has 0 aromatic heterocycles. The van der Waals surface area contributed by atoms with E-state index in [1.165, 1.54) is 0 Å². The lowest BCUT2D eigenvalue weighted by molar-refractivity contribution is -0.124. The van der Waals surface area contributed by atoms with Crippen LogP contribution in [0.2, 0.25) is 0 Å². The minimum absolute atomic E-state index is 0. The summed E-state index contributed by atoms with van der Waals surface area (Å²) in [7, 11) is 0. The molecule has 0 spiro atoms. The van der Waals surface area contributed by atoms with Crippen molar-refractivity contribution in [1.29, 1.82) is 0 Å². The molecule has 0 aliphatic rings. The van der Waals surface area contributed by atoms with Gasteiger partial charge in [0.25, 0.3) is 0 Å². The van der Waals surface area contributed by atoms with E-state index in [9.17, 15) is 4.79 Å². The van der Waals surface area contributed by atoms with E-state index in [1.54, 1.807) is 0 Å². The van der Waals surface area contributed by atoms with Crippen LogP contribution in [0, 0.1) is 5.92 Å². The normalized spacial score (nSPS) is 11.7. The number of hydrogen-bond donors (Lipinski definition) is 2. The van der Waals surface area contributed by atoms with Crippen molar-refractivity contribution in [3.63, 3.8) is 0 Å². The lowest BCUT2D eigenvalue weighted by atomic mass is 10.1. The van der Waals surface area contributed by atoms with Crippen molar-refractivity contribution in [2.75, 3.05) is 19.6 Å². The van der Waals surface area contributed by atoms with Gasteiger partial charge in [0.1, 0.15) is 0 Å². The molecule has 0 saturated carbocycles. The van der Waals surface area contributed by atoms with Gasteiger partial charge in [0.15, 0.2) is 0 Å². The Labute approximate surface area is 99.8 Å². The number of hydrogen-bond acceptors (Lipinski definition) is 2. The van der Waals surface area contributed by atoms with Crippen LogP contribution in [-0.4, -0.2) is 25.5 Å². The predicted molar refractivity (Wildman–Crippen MR) is 67.5 cm³/mol. The van der Waals surface area contributed by atoms with Gasteiger partial charge in [-0.05, 0) is 19.4 Å². The topological polar surface area (TPSA) is 41.1 Å².